The van der Waals surface area contributed by atoms with Gasteiger partial charge in [0.25, 0.3) is 0 Å². The fourth-order valence-corrected chi connectivity index (χ4v) is 2.01. The zero-order valence-corrected chi connectivity index (χ0v) is 11.9. The lowest BCUT2D eigenvalue weighted by atomic mass is 10.1. The van der Waals surface area contributed by atoms with Crippen LogP contribution in [0.2, 0.25) is 0 Å². The van der Waals surface area contributed by atoms with Gasteiger partial charge in [-0.05, 0) is 23.8 Å². The van der Waals surface area contributed by atoms with Gasteiger partial charge in [-0.25, -0.2) is 4.39 Å². The maximum Gasteiger partial charge on any atom is 0.167 e. The van der Waals surface area contributed by atoms with Crippen molar-refractivity contribution in [2.75, 3.05) is 13.7 Å². The molecule has 4 heteroatoms. The Morgan fingerprint density at radius 3 is 2.67 bits per heavy atom. The SMILES string of the molecule is COc1ccc(F)c(C(=O)CCNCc2ccccc2)c1. The van der Waals surface area contributed by atoms with Crippen LogP contribution in [0.15, 0.2) is 48.5 Å². The Labute approximate surface area is 123 Å². The Hall–Kier alpha value is -2.20. The summed E-state index contributed by atoms with van der Waals surface area (Å²) in [5, 5.41) is 3.18. The van der Waals surface area contributed by atoms with Gasteiger partial charge in [-0.15, -0.1) is 0 Å². The van der Waals surface area contributed by atoms with Gasteiger partial charge in [0.1, 0.15) is 11.6 Å². The number of Topliss-reactive ketones (excluding diaryl/α,β-unsaturated/α-hetero) is 1. The Morgan fingerprint density at radius 1 is 1.19 bits per heavy atom. The molecule has 0 bridgehead atoms. The molecule has 0 saturated carbocycles. The molecule has 110 valence electrons. The van der Waals surface area contributed by atoms with Crippen molar-refractivity contribution in [2.45, 2.75) is 13.0 Å². The summed E-state index contributed by atoms with van der Waals surface area (Å²) >= 11 is 0. The molecule has 0 spiro atoms. The molecule has 0 aromatic heterocycles. The van der Waals surface area contributed by atoms with E-state index in [9.17, 15) is 9.18 Å². The van der Waals surface area contributed by atoms with Crippen LogP contribution in [0.3, 0.4) is 0 Å². The average Bonchev–Trinajstić information content (AvgIpc) is 2.53. The summed E-state index contributed by atoms with van der Waals surface area (Å²) in [7, 11) is 1.49. The number of methoxy groups -OCH3 is 1. The number of nitrogens with one attached hydrogen (secondary N) is 1. The number of ether oxygens (including phenoxy) is 1. The van der Waals surface area contributed by atoms with Crippen molar-refractivity contribution >= 4 is 5.78 Å². The molecule has 2 rings (SSSR count). The fourth-order valence-electron chi connectivity index (χ4n) is 2.01. The molecule has 2 aromatic carbocycles. The van der Waals surface area contributed by atoms with E-state index in [4.69, 9.17) is 4.74 Å². The largest absolute Gasteiger partial charge is 0.497 e. The summed E-state index contributed by atoms with van der Waals surface area (Å²) < 4.78 is 18.6. The second kappa shape index (κ2) is 7.55. The highest BCUT2D eigenvalue weighted by Crippen LogP contribution is 2.17. The summed E-state index contributed by atoms with van der Waals surface area (Å²) in [6, 6.07) is 14.1. The van der Waals surface area contributed by atoms with Gasteiger partial charge in [0.15, 0.2) is 5.78 Å². The van der Waals surface area contributed by atoms with Gasteiger partial charge in [0.05, 0.1) is 12.7 Å². The average molecular weight is 287 g/mol. The first-order valence-corrected chi connectivity index (χ1v) is 6.82. The second-order valence-corrected chi connectivity index (χ2v) is 4.68. The number of carbonyl (C=O) groups is 1. The van der Waals surface area contributed by atoms with Crippen molar-refractivity contribution in [3.8, 4) is 5.75 Å². The molecule has 2 aromatic rings. The molecule has 0 amide bonds. The first-order valence-electron chi connectivity index (χ1n) is 6.82. The Balaban J connectivity index is 1.84. The van der Waals surface area contributed by atoms with Crippen LogP contribution in [0.5, 0.6) is 5.75 Å². The van der Waals surface area contributed by atoms with Crippen LogP contribution in [0.1, 0.15) is 22.3 Å². The highest BCUT2D eigenvalue weighted by Gasteiger charge is 2.12. The Bertz CT molecular complexity index is 599. The lowest BCUT2D eigenvalue weighted by Gasteiger charge is -2.07. The highest BCUT2D eigenvalue weighted by atomic mass is 19.1. The van der Waals surface area contributed by atoms with Crippen LogP contribution in [-0.4, -0.2) is 19.4 Å². The van der Waals surface area contributed by atoms with E-state index in [1.807, 2.05) is 30.3 Å². The van der Waals surface area contributed by atoms with Gasteiger partial charge < -0.3 is 10.1 Å². The van der Waals surface area contributed by atoms with Crippen molar-refractivity contribution in [3.63, 3.8) is 0 Å². The number of hydrogen-bond donors (Lipinski definition) is 1. The van der Waals surface area contributed by atoms with Crippen molar-refractivity contribution < 1.29 is 13.9 Å². The standard InChI is InChI=1S/C17H18FNO2/c1-21-14-7-8-16(18)15(11-14)17(20)9-10-19-12-13-5-3-2-4-6-13/h2-8,11,19H,9-10,12H2,1H3. The third-order valence-corrected chi connectivity index (χ3v) is 3.17. The van der Waals surface area contributed by atoms with E-state index in [1.54, 1.807) is 0 Å². The first-order chi connectivity index (χ1) is 10.2. The summed E-state index contributed by atoms with van der Waals surface area (Å²) in [5.74, 6) is -0.257. The molecular weight excluding hydrogens is 269 g/mol. The van der Waals surface area contributed by atoms with Gasteiger partial charge in [-0.2, -0.15) is 0 Å². The fraction of sp³-hybridized carbons (Fsp3) is 0.235. The molecule has 3 nitrogen and oxygen atoms in total. The molecule has 1 N–H and O–H groups in total. The smallest absolute Gasteiger partial charge is 0.167 e. The normalized spacial score (nSPS) is 10.4. The molecule has 0 heterocycles. The molecular formula is C17H18FNO2. The molecule has 0 aliphatic heterocycles. The maximum atomic E-state index is 13.6. The minimum Gasteiger partial charge on any atom is -0.497 e. The van der Waals surface area contributed by atoms with Crippen molar-refractivity contribution in [1.29, 1.82) is 0 Å². The number of rotatable bonds is 7. The van der Waals surface area contributed by atoms with Gasteiger partial charge in [-0.3, -0.25) is 4.79 Å². The van der Waals surface area contributed by atoms with Crippen molar-refractivity contribution in [2.24, 2.45) is 0 Å². The van der Waals surface area contributed by atoms with Crippen LogP contribution >= 0.6 is 0 Å². The summed E-state index contributed by atoms with van der Waals surface area (Å²) in [6.07, 6.45) is 0.247. The Kier molecular flexibility index (Phi) is 5.46. The summed E-state index contributed by atoms with van der Waals surface area (Å²) in [6.45, 7) is 1.19. The van der Waals surface area contributed by atoms with Crippen LogP contribution in [0.25, 0.3) is 0 Å². The van der Waals surface area contributed by atoms with E-state index in [1.165, 1.54) is 25.3 Å². The lowest BCUT2D eigenvalue weighted by molar-refractivity contribution is 0.0978. The molecule has 0 fully saturated rings. The molecule has 0 atom stereocenters. The second-order valence-electron chi connectivity index (χ2n) is 4.68. The van der Waals surface area contributed by atoms with Gasteiger partial charge >= 0.3 is 0 Å². The van der Waals surface area contributed by atoms with E-state index < -0.39 is 5.82 Å². The molecule has 0 unspecified atom stereocenters. The van der Waals surface area contributed by atoms with E-state index in [0.717, 1.165) is 5.56 Å². The minimum absolute atomic E-state index is 0.0795. The number of benzene rings is 2. The van der Waals surface area contributed by atoms with Gasteiger partial charge in [0.2, 0.25) is 0 Å². The van der Waals surface area contributed by atoms with Crippen LogP contribution in [0, 0.1) is 5.82 Å². The molecule has 0 aliphatic carbocycles. The zero-order valence-electron chi connectivity index (χ0n) is 11.9. The first kappa shape index (κ1) is 15.2. The van der Waals surface area contributed by atoms with E-state index in [0.29, 0.717) is 18.8 Å². The van der Waals surface area contributed by atoms with Crippen molar-refractivity contribution in [1.82, 2.24) is 5.32 Å². The minimum atomic E-state index is -0.510. The Morgan fingerprint density at radius 2 is 1.95 bits per heavy atom. The third kappa shape index (κ3) is 4.39. The number of hydrogen-bond acceptors (Lipinski definition) is 3. The van der Waals surface area contributed by atoms with Crippen LogP contribution in [0.4, 0.5) is 4.39 Å². The van der Waals surface area contributed by atoms with Crippen LogP contribution < -0.4 is 10.1 Å². The van der Waals surface area contributed by atoms with Crippen LogP contribution in [-0.2, 0) is 6.54 Å². The number of carbonyl (C=O) groups excluding carboxylic acids is 1. The summed E-state index contributed by atoms with van der Waals surface area (Å²) in [4.78, 5) is 12.0. The molecule has 0 aliphatic rings. The molecule has 21 heavy (non-hydrogen) atoms. The predicted molar refractivity (Wildman–Crippen MR) is 80.0 cm³/mol. The van der Waals surface area contributed by atoms with Gasteiger partial charge in [0, 0.05) is 19.5 Å². The monoisotopic (exact) mass is 287 g/mol. The van der Waals surface area contributed by atoms with Crippen molar-refractivity contribution in [3.05, 3.63) is 65.5 Å². The predicted octanol–water partition coefficient (Wildman–Crippen LogP) is 3.20. The molecule has 0 saturated heterocycles. The molecule has 0 radical (unpaired) electrons. The highest BCUT2D eigenvalue weighted by molar-refractivity contribution is 5.96. The topological polar surface area (TPSA) is 38.3 Å². The quantitative estimate of drug-likeness (QED) is 0.628. The zero-order chi connectivity index (χ0) is 15.1. The van der Waals surface area contributed by atoms with E-state index >= 15 is 0 Å². The number of ketones is 1. The van der Waals surface area contributed by atoms with Gasteiger partial charge in [-0.1, -0.05) is 30.3 Å². The third-order valence-electron chi connectivity index (χ3n) is 3.17. The summed E-state index contributed by atoms with van der Waals surface area (Å²) in [5.41, 5.74) is 1.23. The van der Waals surface area contributed by atoms with E-state index in [2.05, 4.69) is 5.32 Å². The van der Waals surface area contributed by atoms with E-state index in [-0.39, 0.29) is 17.8 Å². The number of halogens is 1. The maximum absolute atomic E-state index is 13.6. The lowest BCUT2D eigenvalue weighted by Crippen LogP contribution is -2.18.